The van der Waals surface area contributed by atoms with Crippen LogP contribution >= 0.6 is 35.3 Å². The van der Waals surface area contributed by atoms with Gasteiger partial charge in [0, 0.05) is 37.1 Å². The van der Waals surface area contributed by atoms with E-state index in [-0.39, 0.29) is 24.0 Å². The van der Waals surface area contributed by atoms with E-state index in [4.69, 9.17) is 4.99 Å². The van der Waals surface area contributed by atoms with Gasteiger partial charge in [-0.1, -0.05) is 24.3 Å². The van der Waals surface area contributed by atoms with Gasteiger partial charge < -0.3 is 10.6 Å². The molecule has 0 spiro atoms. The van der Waals surface area contributed by atoms with Gasteiger partial charge in [0.1, 0.15) is 5.01 Å². The monoisotopic (exact) mass is 527 g/mol. The Morgan fingerprint density at radius 3 is 2.55 bits per heavy atom. The summed E-state index contributed by atoms with van der Waals surface area (Å²) in [6.45, 7) is 13.3. The number of aryl methyl sites for hydroxylation is 3. The molecular weight excluding hydrogens is 493 g/mol. The Morgan fingerprint density at radius 1 is 1.21 bits per heavy atom. The number of benzene rings is 1. The third kappa shape index (κ3) is 7.22. The van der Waals surface area contributed by atoms with Gasteiger partial charge in [-0.05, 0) is 51.7 Å². The van der Waals surface area contributed by atoms with Crippen LogP contribution < -0.4 is 10.6 Å². The Bertz CT molecular complexity index is 777. The van der Waals surface area contributed by atoms with Crippen LogP contribution in [-0.2, 0) is 13.1 Å². The number of rotatable bonds is 6. The van der Waals surface area contributed by atoms with Gasteiger partial charge in [0.2, 0.25) is 0 Å². The molecule has 0 aliphatic carbocycles. The zero-order valence-electron chi connectivity index (χ0n) is 18.0. The van der Waals surface area contributed by atoms with Crippen LogP contribution in [0.5, 0.6) is 0 Å². The predicted molar refractivity (Wildman–Crippen MR) is 134 cm³/mol. The molecule has 2 heterocycles. The lowest BCUT2D eigenvalue weighted by Crippen LogP contribution is -2.48. The van der Waals surface area contributed by atoms with E-state index in [0.717, 1.165) is 55.7 Å². The molecule has 1 aliphatic rings. The molecule has 1 aromatic carbocycles. The van der Waals surface area contributed by atoms with Crippen molar-refractivity contribution < 1.29 is 0 Å². The van der Waals surface area contributed by atoms with Gasteiger partial charge in [-0.15, -0.1) is 35.3 Å². The van der Waals surface area contributed by atoms with Gasteiger partial charge in [-0.2, -0.15) is 0 Å². The Morgan fingerprint density at radius 2 is 1.93 bits per heavy atom. The number of thiazole rings is 1. The number of piperidine rings is 1. The molecule has 1 aromatic heterocycles. The fraction of sp³-hybridized carbons (Fsp3) is 0.545. The van der Waals surface area contributed by atoms with Gasteiger partial charge in [-0.25, -0.2) is 9.98 Å². The number of nitrogens with zero attached hydrogens (tertiary/aromatic N) is 3. The zero-order valence-corrected chi connectivity index (χ0v) is 21.1. The Labute approximate surface area is 196 Å². The lowest BCUT2D eigenvalue weighted by Gasteiger charge is -2.33. The topological polar surface area (TPSA) is 52.6 Å². The number of aromatic nitrogens is 1. The van der Waals surface area contributed by atoms with Crippen LogP contribution in [0, 0.1) is 20.8 Å². The SMILES string of the molecule is CCNC(=NCc1nc(C)c(C)s1)NC1CCN(Cc2ccccc2C)CC1.I. The molecule has 5 nitrogen and oxygen atoms in total. The number of hydrogen-bond acceptors (Lipinski definition) is 4. The summed E-state index contributed by atoms with van der Waals surface area (Å²) >= 11 is 1.74. The van der Waals surface area contributed by atoms with Crippen molar-refractivity contribution in [2.45, 2.75) is 59.7 Å². The zero-order chi connectivity index (χ0) is 19.9. The van der Waals surface area contributed by atoms with Crippen molar-refractivity contribution in [3.63, 3.8) is 0 Å². The van der Waals surface area contributed by atoms with E-state index in [1.54, 1.807) is 11.3 Å². The minimum absolute atomic E-state index is 0. The maximum atomic E-state index is 4.76. The second-order valence-electron chi connectivity index (χ2n) is 7.57. The van der Waals surface area contributed by atoms with Crippen molar-refractivity contribution in [1.82, 2.24) is 20.5 Å². The fourth-order valence-electron chi connectivity index (χ4n) is 3.53. The Hall–Kier alpha value is -1.19. The number of nitrogens with one attached hydrogen (secondary N) is 2. The second kappa shape index (κ2) is 11.9. The lowest BCUT2D eigenvalue weighted by atomic mass is 10.0. The molecule has 0 unspecified atom stereocenters. The number of likely N-dealkylation sites (tertiary alicyclic amines) is 1. The van der Waals surface area contributed by atoms with Crippen molar-refractivity contribution in [3.8, 4) is 0 Å². The van der Waals surface area contributed by atoms with Crippen molar-refractivity contribution in [2.75, 3.05) is 19.6 Å². The van der Waals surface area contributed by atoms with Gasteiger partial charge in [0.05, 0.1) is 12.2 Å². The molecule has 0 atom stereocenters. The molecule has 160 valence electrons. The quantitative estimate of drug-likeness (QED) is 0.332. The largest absolute Gasteiger partial charge is 0.357 e. The maximum Gasteiger partial charge on any atom is 0.191 e. The first kappa shape index (κ1) is 24.1. The Balaban J connectivity index is 0.00000300. The molecule has 1 fully saturated rings. The molecule has 0 saturated carbocycles. The van der Waals surface area contributed by atoms with Crippen molar-refractivity contribution in [1.29, 1.82) is 0 Å². The van der Waals surface area contributed by atoms with Crippen molar-refractivity contribution >= 4 is 41.3 Å². The van der Waals surface area contributed by atoms with E-state index in [1.165, 1.54) is 16.0 Å². The predicted octanol–water partition coefficient (Wildman–Crippen LogP) is 4.41. The highest BCUT2D eigenvalue weighted by atomic mass is 127. The molecule has 1 aliphatic heterocycles. The minimum atomic E-state index is 0. The summed E-state index contributed by atoms with van der Waals surface area (Å²) in [6, 6.07) is 9.18. The standard InChI is InChI=1S/C22H33N5S.HI/c1-5-23-22(24-14-21-25-17(3)18(4)28-21)26-20-10-12-27(13-11-20)15-19-9-7-6-8-16(19)2;/h6-9,20H,5,10-15H2,1-4H3,(H2,23,24,26);1H. The van der Waals surface area contributed by atoms with Crippen LogP contribution in [0.2, 0.25) is 0 Å². The molecule has 29 heavy (non-hydrogen) atoms. The highest BCUT2D eigenvalue weighted by Crippen LogP contribution is 2.18. The molecule has 0 amide bonds. The van der Waals surface area contributed by atoms with E-state index in [9.17, 15) is 0 Å². The molecule has 1 saturated heterocycles. The van der Waals surface area contributed by atoms with E-state index in [0.29, 0.717) is 12.6 Å². The maximum absolute atomic E-state index is 4.76. The van der Waals surface area contributed by atoms with Gasteiger partial charge in [0.15, 0.2) is 5.96 Å². The fourth-order valence-corrected chi connectivity index (χ4v) is 4.39. The van der Waals surface area contributed by atoms with Crippen molar-refractivity contribution in [3.05, 3.63) is 51.0 Å². The summed E-state index contributed by atoms with van der Waals surface area (Å²) < 4.78 is 0. The average molecular weight is 528 g/mol. The molecule has 7 heteroatoms. The normalized spacial score (nSPS) is 15.8. The van der Waals surface area contributed by atoms with Crippen LogP contribution in [-0.4, -0.2) is 41.5 Å². The van der Waals surface area contributed by atoms with E-state index in [2.05, 4.69) is 72.5 Å². The number of hydrogen-bond donors (Lipinski definition) is 2. The molecule has 0 bridgehead atoms. The summed E-state index contributed by atoms with van der Waals surface area (Å²) in [6.07, 6.45) is 2.29. The number of halogens is 1. The van der Waals surface area contributed by atoms with E-state index >= 15 is 0 Å². The summed E-state index contributed by atoms with van der Waals surface area (Å²) in [7, 11) is 0. The van der Waals surface area contributed by atoms with E-state index < -0.39 is 0 Å². The van der Waals surface area contributed by atoms with Crippen molar-refractivity contribution in [2.24, 2.45) is 4.99 Å². The minimum Gasteiger partial charge on any atom is -0.357 e. The second-order valence-corrected chi connectivity index (χ2v) is 8.85. The lowest BCUT2D eigenvalue weighted by molar-refractivity contribution is 0.198. The average Bonchev–Trinajstić information content (AvgIpc) is 3.01. The van der Waals surface area contributed by atoms with Gasteiger partial charge in [0.25, 0.3) is 0 Å². The molecule has 0 radical (unpaired) electrons. The number of aliphatic imine (C=N–C) groups is 1. The van der Waals surface area contributed by atoms with Gasteiger partial charge in [-0.3, -0.25) is 4.90 Å². The van der Waals surface area contributed by atoms with Gasteiger partial charge >= 0.3 is 0 Å². The third-order valence-electron chi connectivity index (χ3n) is 5.37. The smallest absolute Gasteiger partial charge is 0.191 e. The number of guanidine groups is 1. The highest BCUT2D eigenvalue weighted by molar-refractivity contribution is 14.0. The summed E-state index contributed by atoms with van der Waals surface area (Å²) in [5, 5.41) is 8.10. The first-order chi connectivity index (χ1) is 13.5. The molecular formula is C22H34IN5S. The first-order valence-electron chi connectivity index (χ1n) is 10.3. The molecule has 2 aromatic rings. The summed E-state index contributed by atoms with van der Waals surface area (Å²) in [4.78, 5) is 13.2. The van der Waals surface area contributed by atoms with Crippen LogP contribution in [0.4, 0.5) is 0 Å². The van der Waals surface area contributed by atoms with Crippen LogP contribution in [0.15, 0.2) is 29.3 Å². The first-order valence-corrected chi connectivity index (χ1v) is 11.1. The van der Waals surface area contributed by atoms with Crippen LogP contribution in [0.3, 0.4) is 0 Å². The summed E-state index contributed by atoms with van der Waals surface area (Å²) in [5.41, 5.74) is 3.95. The third-order valence-corrected chi connectivity index (χ3v) is 6.43. The Kier molecular flexibility index (Phi) is 9.85. The molecule has 2 N–H and O–H groups in total. The van der Waals surface area contributed by atoms with Crippen LogP contribution in [0.1, 0.15) is 46.5 Å². The van der Waals surface area contributed by atoms with Crippen LogP contribution in [0.25, 0.3) is 0 Å². The molecule has 3 rings (SSSR count). The van der Waals surface area contributed by atoms with E-state index in [1.807, 2.05) is 0 Å². The summed E-state index contributed by atoms with van der Waals surface area (Å²) in [5.74, 6) is 0.908. The highest BCUT2D eigenvalue weighted by Gasteiger charge is 2.20.